The highest BCUT2D eigenvalue weighted by Crippen LogP contribution is 2.39. The molecule has 174 valence electrons. The molecule has 0 amide bonds. The fourth-order valence-corrected chi connectivity index (χ4v) is 6.25. The number of imidazole rings is 1. The predicted octanol–water partition coefficient (Wildman–Crippen LogP) is 9.47. The molecule has 0 aliphatic rings. The Balaban J connectivity index is 1.38. The summed E-state index contributed by atoms with van der Waals surface area (Å²) in [7, 11) is 0. The predicted molar refractivity (Wildman–Crippen MR) is 155 cm³/mol. The van der Waals surface area contributed by atoms with Gasteiger partial charge in [-0.05, 0) is 53.6 Å². The highest BCUT2D eigenvalue weighted by Gasteiger charge is 2.19. The molecule has 5 aromatic carbocycles. The van der Waals surface area contributed by atoms with E-state index in [1.54, 1.807) is 11.3 Å². The zero-order valence-corrected chi connectivity index (χ0v) is 20.6. The summed E-state index contributed by atoms with van der Waals surface area (Å²) in [4.78, 5) is 5.15. The zero-order valence-electron chi connectivity index (χ0n) is 19.8. The van der Waals surface area contributed by atoms with E-state index in [1.807, 2.05) is 18.2 Å². The van der Waals surface area contributed by atoms with Crippen LogP contribution in [0.15, 0.2) is 125 Å². The van der Waals surface area contributed by atoms with E-state index in [2.05, 4.69) is 107 Å². The summed E-state index contributed by atoms with van der Waals surface area (Å²) in [5.41, 5.74) is 8.43. The largest absolute Gasteiger partial charge is 0.456 e. The first-order valence-electron chi connectivity index (χ1n) is 12.3. The number of hydrogen-bond donors (Lipinski definition) is 0. The van der Waals surface area contributed by atoms with Gasteiger partial charge in [0, 0.05) is 37.9 Å². The molecule has 0 aliphatic heterocycles. The average molecular weight is 493 g/mol. The Morgan fingerprint density at radius 1 is 0.622 bits per heavy atom. The maximum absolute atomic E-state index is 6.24. The molecule has 8 aromatic rings. The van der Waals surface area contributed by atoms with Crippen molar-refractivity contribution in [3.63, 3.8) is 0 Å². The molecule has 0 atom stereocenters. The lowest BCUT2D eigenvalue weighted by molar-refractivity contribution is 0.668. The molecule has 0 aliphatic carbocycles. The molecule has 0 spiro atoms. The Bertz CT molecular complexity index is 2100. The number of furan rings is 1. The SMILES string of the molecule is c1ccc(-c2ccc3scc(-c4nc5ccccc5n4-c4ccc5c(c4)oc4ccccc45)c3c2)cc1. The van der Waals surface area contributed by atoms with Crippen LogP contribution in [0.3, 0.4) is 0 Å². The maximum Gasteiger partial charge on any atom is 0.147 e. The van der Waals surface area contributed by atoms with Crippen molar-refractivity contribution in [2.75, 3.05) is 0 Å². The van der Waals surface area contributed by atoms with E-state index in [0.717, 1.165) is 50.0 Å². The summed E-state index contributed by atoms with van der Waals surface area (Å²) >= 11 is 1.76. The zero-order chi connectivity index (χ0) is 24.3. The second-order valence-corrected chi connectivity index (χ2v) is 10.2. The van der Waals surface area contributed by atoms with Crippen LogP contribution in [0.2, 0.25) is 0 Å². The van der Waals surface area contributed by atoms with Gasteiger partial charge in [0.05, 0.1) is 16.7 Å². The molecule has 0 N–H and O–H groups in total. The number of nitrogens with zero attached hydrogens (tertiary/aromatic N) is 2. The number of aromatic nitrogens is 2. The minimum atomic E-state index is 0.879. The molecule has 0 saturated carbocycles. The number of rotatable bonds is 3. The van der Waals surface area contributed by atoms with E-state index >= 15 is 0 Å². The van der Waals surface area contributed by atoms with Crippen LogP contribution in [0.5, 0.6) is 0 Å². The quantitative estimate of drug-likeness (QED) is 0.246. The lowest BCUT2D eigenvalue weighted by atomic mass is 10.0. The first kappa shape index (κ1) is 20.5. The van der Waals surface area contributed by atoms with Crippen LogP contribution in [-0.2, 0) is 0 Å². The molecule has 8 rings (SSSR count). The molecule has 4 heteroatoms. The normalized spacial score (nSPS) is 11.8. The highest BCUT2D eigenvalue weighted by atomic mass is 32.1. The second-order valence-electron chi connectivity index (χ2n) is 9.26. The molecule has 0 unspecified atom stereocenters. The van der Waals surface area contributed by atoms with Gasteiger partial charge < -0.3 is 4.42 Å². The van der Waals surface area contributed by atoms with Gasteiger partial charge in [-0.1, -0.05) is 66.7 Å². The van der Waals surface area contributed by atoms with Gasteiger partial charge in [-0.2, -0.15) is 0 Å². The Labute approximate surface area is 216 Å². The second kappa shape index (κ2) is 7.92. The van der Waals surface area contributed by atoms with Crippen molar-refractivity contribution >= 4 is 54.4 Å². The van der Waals surface area contributed by atoms with E-state index in [9.17, 15) is 0 Å². The number of thiophene rings is 1. The van der Waals surface area contributed by atoms with Gasteiger partial charge in [0.1, 0.15) is 17.0 Å². The fraction of sp³-hybridized carbons (Fsp3) is 0. The Kier molecular flexibility index (Phi) is 4.39. The van der Waals surface area contributed by atoms with Gasteiger partial charge in [0.25, 0.3) is 0 Å². The summed E-state index contributed by atoms with van der Waals surface area (Å²) < 4.78 is 9.75. The van der Waals surface area contributed by atoms with Crippen molar-refractivity contribution in [3.8, 4) is 28.2 Å². The van der Waals surface area contributed by atoms with Gasteiger partial charge in [-0.3, -0.25) is 4.57 Å². The van der Waals surface area contributed by atoms with Crippen LogP contribution in [0.25, 0.3) is 71.3 Å². The smallest absolute Gasteiger partial charge is 0.147 e. The minimum Gasteiger partial charge on any atom is -0.456 e. The number of fused-ring (bicyclic) bond motifs is 5. The number of hydrogen-bond acceptors (Lipinski definition) is 3. The monoisotopic (exact) mass is 492 g/mol. The van der Waals surface area contributed by atoms with Gasteiger partial charge in [-0.15, -0.1) is 11.3 Å². The first-order chi connectivity index (χ1) is 18.3. The lowest BCUT2D eigenvalue weighted by Gasteiger charge is -2.10. The Hall–Kier alpha value is -4.67. The third-order valence-electron chi connectivity index (χ3n) is 7.10. The lowest BCUT2D eigenvalue weighted by Crippen LogP contribution is -1.97. The summed E-state index contributed by atoms with van der Waals surface area (Å²) in [6.07, 6.45) is 0. The van der Waals surface area contributed by atoms with Crippen LogP contribution in [0.4, 0.5) is 0 Å². The van der Waals surface area contributed by atoms with Gasteiger partial charge in [0.15, 0.2) is 0 Å². The summed E-state index contributed by atoms with van der Waals surface area (Å²) in [5.74, 6) is 0.938. The van der Waals surface area contributed by atoms with Crippen LogP contribution in [0, 0.1) is 0 Å². The van der Waals surface area contributed by atoms with E-state index < -0.39 is 0 Å². The molecule has 3 nitrogen and oxygen atoms in total. The van der Waals surface area contributed by atoms with E-state index in [0.29, 0.717) is 0 Å². The van der Waals surface area contributed by atoms with Crippen LogP contribution >= 0.6 is 11.3 Å². The Morgan fingerprint density at radius 2 is 1.43 bits per heavy atom. The molecule has 3 heterocycles. The van der Waals surface area contributed by atoms with Gasteiger partial charge >= 0.3 is 0 Å². The number of para-hydroxylation sites is 3. The number of benzene rings is 5. The molecule has 0 saturated heterocycles. The van der Waals surface area contributed by atoms with E-state index in [-0.39, 0.29) is 0 Å². The third kappa shape index (κ3) is 3.16. The van der Waals surface area contributed by atoms with Crippen LogP contribution in [0.1, 0.15) is 0 Å². The summed E-state index contributed by atoms with van der Waals surface area (Å²) in [5, 5.41) is 5.71. The fourth-order valence-electron chi connectivity index (χ4n) is 5.33. The van der Waals surface area contributed by atoms with Crippen molar-refractivity contribution < 1.29 is 4.42 Å². The minimum absolute atomic E-state index is 0.879. The first-order valence-corrected chi connectivity index (χ1v) is 13.2. The average Bonchev–Trinajstić information content (AvgIpc) is 3.65. The van der Waals surface area contributed by atoms with Crippen molar-refractivity contribution in [1.82, 2.24) is 9.55 Å². The summed E-state index contributed by atoms with van der Waals surface area (Å²) in [6.45, 7) is 0. The summed E-state index contributed by atoms with van der Waals surface area (Å²) in [6, 6.07) is 40.3. The molecule has 0 fully saturated rings. The van der Waals surface area contributed by atoms with Gasteiger partial charge in [0.2, 0.25) is 0 Å². The third-order valence-corrected chi connectivity index (χ3v) is 8.07. The van der Waals surface area contributed by atoms with Crippen molar-refractivity contribution in [2.45, 2.75) is 0 Å². The molecule has 3 aromatic heterocycles. The molecule has 37 heavy (non-hydrogen) atoms. The molecular weight excluding hydrogens is 472 g/mol. The van der Waals surface area contributed by atoms with E-state index in [1.165, 1.54) is 21.2 Å². The standard InChI is InChI=1S/C33H20N2OS/c1-2-8-21(9-3-1)22-14-17-32-26(18-22)27(20-37-32)33-34-28-11-5-6-12-29(28)35(33)23-15-16-25-24-10-4-7-13-30(24)36-31(25)19-23/h1-20H. The Morgan fingerprint density at radius 3 is 2.38 bits per heavy atom. The topological polar surface area (TPSA) is 31.0 Å². The molecule has 0 radical (unpaired) electrons. The van der Waals surface area contributed by atoms with Gasteiger partial charge in [-0.25, -0.2) is 4.98 Å². The molecular formula is C33H20N2OS. The van der Waals surface area contributed by atoms with Crippen molar-refractivity contribution in [1.29, 1.82) is 0 Å². The van der Waals surface area contributed by atoms with Crippen molar-refractivity contribution in [2.24, 2.45) is 0 Å². The van der Waals surface area contributed by atoms with Crippen LogP contribution in [-0.4, -0.2) is 9.55 Å². The maximum atomic E-state index is 6.24. The van der Waals surface area contributed by atoms with E-state index in [4.69, 9.17) is 9.40 Å². The highest BCUT2D eigenvalue weighted by molar-refractivity contribution is 7.17. The van der Waals surface area contributed by atoms with Crippen LogP contribution < -0.4 is 0 Å². The van der Waals surface area contributed by atoms with Crippen molar-refractivity contribution in [3.05, 3.63) is 121 Å². The molecule has 0 bridgehead atoms.